The molecule has 0 aromatic heterocycles. The molecule has 0 unspecified atom stereocenters. The molecule has 0 amide bonds. The van der Waals surface area contributed by atoms with Crippen molar-refractivity contribution in [3.8, 4) is 0 Å². The van der Waals surface area contributed by atoms with Crippen molar-refractivity contribution in [3.05, 3.63) is 0 Å². The van der Waals surface area contributed by atoms with Gasteiger partial charge in [-0.05, 0) is 6.42 Å². The third-order valence-corrected chi connectivity index (χ3v) is 2.03. The highest BCUT2D eigenvalue weighted by Crippen LogP contribution is 2.65. The molecule has 0 heterocycles. The van der Waals surface area contributed by atoms with E-state index in [9.17, 15) is 26.3 Å². The van der Waals surface area contributed by atoms with Crippen molar-refractivity contribution in [2.75, 3.05) is 0 Å². The van der Waals surface area contributed by atoms with E-state index in [1.165, 1.54) is 0 Å². The summed E-state index contributed by atoms with van der Waals surface area (Å²) >= 11 is 0. The lowest BCUT2D eigenvalue weighted by Gasteiger charge is -2.22. The van der Waals surface area contributed by atoms with Crippen LogP contribution in [0.4, 0.5) is 26.3 Å². The summed E-state index contributed by atoms with van der Waals surface area (Å²) < 4.78 is 71.1. The fraction of sp³-hybridized carbons (Fsp3) is 1.00. The number of nitrogens with two attached hydrogens (primary N) is 1. The highest BCUT2D eigenvalue weighted by molar-refractivity contribution is 5.15. The van der Waals surface area contributed by atoms with Crippen LogP contribution in [0.25, 0.3) is 0 Å². The van der Waals surface area contributed by atoms with E-state index in [2.05, 4.69) is 5.73 Å². The summed E-state index contributed by atoms with van der Waals surface area (Å²) in [7, 11) is 0. The normalized spacial score (nSPS) is 28.8. The molecule has 0 aromatic rings. The van der Waals surface area contributed by atoms with Gasteiger partial charge in [0, 0.05) is 6.04 Å². The lowest BCUT2D eigenvalue weighted by molar-refractivity contribution is -0.301. The summed E-state index contributed by atoms with van der Waals surface area (Å²) in [5.41, 5.74) is 0.995. The number of hydrogen-bond donors (Lipinski definition) is 1. The molecule has 12 heavy (non-hydrogen) atoms. The van der Waals surface area contributed by atoms with E-state index < -0.39 is 30.2 Å². The molecule has 0 aliphatic heterocycles. The molecule has 0 radical (unpaired) electrons. The predicted octanol–water partition coefficient (Wildman–Crippen LogP) is 1.83. The molecule has 1 atom stereocenters. The molecule has 2 N–H and O–H groups in total. The standard InChI is InChI=1S/C5H5F6N/c6-4(7,8)3(1-2(3)12)5(9,10)11/h2H,1,12H2/t2-/m1/s1. The lowest BCUT2D eigenvalue weighted by atomic mass is 10.1. The third kappa shape index (κ3) is 0.988. The Hall–Kier alpha value is -0.460. The van der Waals surface area contributed by atoms with Gasteiger partial charge in [-0.3, -0.25) is 0 Å². The van der Waals surface area contributed by atoms with Gasteiger partial charge >= 0.3 is 12.4 Å². The number of hydrogen-bond acceptors (Lipinski definition) is 1. The Kier molecular flexibility index (Phi) is 1.66. The van der Waals surface area contributed by atoms with Crippen molar-refractivity contribution in [1.29, 1.82) is 0 Å². The fourth-order valence-corrected chi connectivity index (χ4v) is 1.10. The number of rotatable bonds is 0. The quantitative estimate of drug-likeness (QED) is 0.583. The van der Waals surface area contributed by atoms with Crippen LogP contribution >= 0.6 is 0 Å². The lowest BCUT2D eigenvalue weighted by Crippen LogP contribution is -2.43. The highest BCUT2D eigenvalue weighted by Gasteiger charge is 2.82. The van der Waals surface area contributed by atoms with Crippen LogP contribution in [0.1, 0.15) is 6.42 Å². The SMILES string of the molecule is N[C@@H]1CC1(C(F)(F)F)C(F)(F)F. The molecule has 1 saturated carbocycles. The zero-order valence-electron chi connectivity index (χ0n) is 5.63. The molecule has 1 aliphatic carbocycles. The smallest absolute Gasteiger partial charge is 0.327 e. The molecule has 0 aromatic carbocycles. The summed E-state index contributed by atoms with van der Waals surface area (Å²) in [6, 6.07) is -1.84. The maximum atomic E-state index is 11.8. The van der Waals surface area contributed by atoms with Crippen LogP contribution in [0.3, 0.4) is 0 Å². The Morgan fingerprint density at radius 1 is 1.00 bits per heavy atom. The first-order valence-corrected chi connectivity index (χ1v) is 3.02. The number of halogens is 6. The van der Waals surface area contributed by atoms with E-state index in [0.717, 1.165) is 0 Å². The Labute approximate surface area is 63.5 Å². The molecule has 1 aliphatic rings. The molecular formula is C5H5F6N. The van der Waals surface area contributed by atoms with Crippen LogP contribution < -0.4 is 5.73 Å². The summed E-state index contributed by atoms with van der Waals surface area (Å²) in [5.74, 6) is 0. The first kappa shape index (κ1) is 9.63. The van der Waals surface area contributed by atoms with Gasteiger partial charge in [-0.2, -0.15) is 26.3 Å². The minimum absolute atomic E-state index is 1.06. The second-order valence-electron chi connectivity index (χ2n) is 2.78. The molecule has 1 fully saturated rings. The summed E-state index contributed by atoms with van der Waals surface area (Å²) in [5, 5.41) is 0. The van der Waals surface area contributed by atoms with Crippen LogP contribution in [0.2, 0.25) is 0 Å². The van der Waals surface area contributed by atoms with Crippen LogP contribution in [-0.2, 0) is 0 Å². The first-order valence-electron chi connectivity index (χ1n) is 3.02. The van der Waals surface area contributed by atoms with E-state index in [4.69, 9.17) is 0 Å². The van der Waals surface area contributed by atoms with Crippen LogP contribution in [0, 0.1) is 5.41 Å². The minimum atomic E-state index is -5.29. The molecule has 1 rings (SSSR count). The summed E-state index contributed by atoms with van der Waals surface area (Å²) in [6.45, 7) is 0. The largest absolute Gasteiger partial charge is 0.404 e. The Balaban J connectivity index is 2.96. The van der Waals surface area contributed by atoms with Crippen molar-refractivity contribution in [3.63, 3.8) is 0 Å². The summed E-state index contributed by atoms with van der Waals surface area (Å²) in [4.78, 5) is 0. The van der Waals surface area contributed by atoms with Gasteiger partial charge in [0.25, 0.3) is 0 Å². The average Bonchev–Trinajstić information content (AvgIpc) is 2.36. The molecule has 1 nitrogen and oxygen atoms in total. The second kappa shape index (κ2) is 2.07. The molecule has 0 spiro atoms. The van der Waals surface area contributed by atoms with Crippen LogP contribution in [-0.4, -0.2) is 18.4 Å². The van der Waals surface area contributed by atoms with Crippen molar-refractivity contribution < 1.29 is 26.3 Å². The zero-order valence-corrected chi connectivity index (χ0v) is 5.63. The first-order chi connectivity index (χ1) is 5.13. The van der Waals surface area contributed by atoms with Gasteiger partial charge in [-0.15, -0.1) is 0 Å². The van der Waals surface area contributed by atoms with Crippen LogP contribution in [0.5, 0.6) is 0 Å². The monoisotopic (exact) mass is 193 g/mol. The summed E-state index contributed by atoms with van der Waals surface area (Å²) in [6.07, 6.45) is -11.6. The topological polar surface area (TPSA) is 26.0 Å². The van der Waals surface area contributed by atoms with Crippen molar-refractivity contribution in [2.24, 2.45) is 11.1 Å². The van der Waals surface area contributed by atoms with Gasteiger partial charge in [0.15, 0.2) is 5.41 Å². The van der Waals surface area contributed by atoms with E-state index in [1.807, 2.05) is 0 Å². The Bertz CT molecular complexity index is 177. The van der Waals surface area contributed by atoms with E-state index in [-0.39, 0.29) is 0 Å². The molecule has 0 saturated heterocycles. The average molecular weight is 193 g/mol. The Morgan fingerprint density at radius 2 is 1.25 bits per heavy atom. The van der Waals surface area contributed by atoms with E-state index >= 15 is 0 Å². The number of alkyl halides is 6. The minimum Gasteiger partial charge on any atom is -0.327 e. The maximum Gasteiger partial charge on any atom is 0.404 e. The van der Waals surface area contributed by atoms with Gasteiger partial charge in [0.05, 0.1) is 0 Å². The van der Waals surface area contributed by atoms with Gasteiger partial charge in [-0.25, -0.2) is 0 Å². The van der Waals surface area contributed by atoms with E-state index in [0.29, 0.717) is 0 Å². The van der Waals surface area contributed by atoms with Gasteiger partial charge in [0.2, 0.25) is 0 Å². The Morgan fingerprint density at radius 3 is 1.25 bits per heavy atom. The maximum absolute atomic E-state index is 11.8. The van der Waals surface area contributed by atoms with Gasteiger partial charge in [0.1, 0.15) is 0 Å². The highest BCUT2D eigenvalue weighted by atomic mass is 19.4. The fourth-order valence-electron chi connectivity index (χ4n) is 1.10. The van der Waals surface area contributed by atoms with Gasteiger partial charge < -0.3 is 5.73 Å². The van der Waals surface area contributed by atoms with E-state index in [1.54, 1.807) is 0 Å². The van der Waals surface area contributed by atoms with Crippen LogP contribution in [0.15, 0.2) is 0 Å². The zero-order chi connectivity index (χ0) is 9.78. The molecule has 72 valence electrons. The predicted molar refractivity (Wildman–Crippen MR) is 27.1 cm³/mol. The van der Waals surface area contributed by atoms with Crippen molar-refractivity contribution in [1.82, 2.24) is 0 Å². The molecule has 7 heteroatoms. The van der Waals surface area contributed by atoms with Crippen molar-refractivity contribution in [2.45, 2.75) is 24.8 Å². The third-order valence-electron chi connectivity index (χ3n) is 2.03. The molecule has 0 bridgehead atoms. The second-order valence-corrected chi connectivity index (χ2v) is 2.78. The van der Waals surface area contributed by atoms with Crippen molar-refractivity contribution >= 4 is 0 Å². The van der Waals surface area contributed by atoms with Gasteiger partial charge in [-0.1, -0.05) is 0 Å². The molecular weight excluding hydrogens is 188 g/mol.